The number of benzene rings is 1. The number of hydrogen-bond donors (Lipinski definition) is 1. The molecule has 2 rings (SSSR count). The maximum Gasteiger partial charge on any atom is 0.139 e. The zero-order valence-electron chi connectivity index (χ0n) is 8.86. The lowest BCUT2D eigenvalue weighted by Crippen LogP contribution is -2.02. The van der Waals surface area contributed by atoms with Crippen LogP contribution >= 0.6 is 23.2 Å². The molecule has 0 saturated heterocycles. The van der Waals surface area contributed by atoms with E-state index in [1.54, 1.807) is 30.5 Å². The maximum atomic E-state index is 6.00. The molecule has 5 heteroatoms. The Bertz CT molecular complexity index is 532. The molecule has 0 radical (unpaired) electrons. The molecule has 0 aliphatic carbocycles. The van der Waals surface area contributed by atoms with Gasteiger partial charge in [-0.25, -0.2) is 4.98 Å². The van der Waals surface area contributed by atoms with Crippen molar-refractivity contribution in [3.8, 4) is 5.75 Å². The molecule has 0 aliphatic rings. The number of hydrogen-bond acceptors (Lipinski definition) is 3. The van der Waals surface area contributed by atoms with Crippen LogP contribution in [0.5, 0.6) is 5.75 Å². The number of halogens is 2. The van der Waals surface area contributed by atoms with E-state index in [2.05, 4.69) is 4.98 Å². The zero-order valence-corrected chi connectivity index (χ0v) is 10.4. The molecule has 1 heterocycles. The summed E-state index contributed by atoms with van der Waals surface area (Å²) in [5.74, 6) is 0.980. The summed E-state index contributed by atoms with van der Waals surface area (Å²) < 4.78 is 5.55. The smallest absolute Gasteiger partial charge is 0.139 e. The van der Waals surface area contributed by atoms with Crippen molar-refractivity contribution in [2.75, 3.05) is 5.73 Å². The number of nitrogens with zero attached hydrogens (tertiary/aromatic N) is 1. The van der Waals surface area contributed by atoms with E-state index < -0.39 is 0 Å². The van der Waals surface area contributed by atoms with Crippen LogP contribution in [0.25, 0.3) is 0 Å². The molecule has 0 bridgehead atoms. The Labute approximate surface area is 109 Å². The number of ether oxygens (including phenoxy) is 1. The van der Waals surface area contributed by atoms with E-state index in [-0.39, 0.29) is 0 Å². The Morgan fingerprint density at radius 1 is 1.18 bits per heavy atom. The summed E-state index contributed by atoms with van der Waals surface area (Å²) in [7, 11) is 0. The molecule has 17 heavy (non-hydrogen) atoms. The molecule has 2 N–H and O–H groups in total. The monoisotopic (exact) mass is 268 g/mol. The first kappa shape index (κ1) is 12.0. The Balaban J connectivity index is 2.13. The van der Waals surface area contributed by atoms with Crippen molar-refractivity contribution < 1.29 is 4.74 Å². The normalized spacial score (nSPS) is 10.2. The molecular weight excluding hydrogens is 259 g/mol. The van der Waals surface area contributed by atoms with Crippen molar-refractivity contribution in [2.24, 2.45) is 0 Å². The van der Waals surface area contributed by atoms with Gasteiger partial charge in [-0.1, -0.05) is 35.3 Å². The minimum atomic E-state index is 0.305. The fourth-order valence-corrected chi connectivity index (χ4v) is 1.67. The third-order valence-electron chi connectivity index (χ3n) is 2.23. The maximum absolute atomic E-state index is 6.00. The van der Waals surface area contributed by atoms with Gasteiger partial charge in [-0.2, -0.15) is 0 Å². The molecule has 0 fully saturated rings. The van der Waals surface area contributed by atoms with Crippen LogP contribution in [0.15, 0.2) is 36.5 Å². The van der Waals surface area contributed by atoms with Crippen LogP contribution in [0, 0.1) is 0 Å². The van der Waals surface area contributed by atoms with Gasteiger partial charge in [0, 0.05) is 11.8 Å². The predicted octanol–water partition coefficient (Wildman–Crippen LogP) is 3.55. The number of rotatable bonds is 3. The molecule has 88 valence electrons. The van der Waals surface area contributed by atoms with E-state index in [1.807, 2.05) is 6.07 Å². The first-order chi connectivity index (χ1) is 8.18. The molecule has 0 unspecified atom stereocenters. The summed E-state index contributed by atoms with van der Waals surface area (Å²) in [5, 5.41) is 0.861. The summed E-state index contributed by atoms with van der Waals surface area (Å²) in [5.41, 5.74) is 6.51. The van der Waals surface area contributed by atoms with Crippen LogP contribution < -0.4 is 10.5 Å². The highest BCUT2D eigenvalue weighted by Crippen LogP contribution is 2.32. The van der Waals surface area contributed by atoms with Crippen LogP contribution in [-0.2, 0) is 6.61 Å². The van der Waals surface area contributed by atoms with Crippen LogP contribution in [0.3, 0.4) is 0 Å². The number of nitrogens with two attached hydrogens (primary N) is 1. The second kappa shape index (κ2) is 5.25. The van der Waals surface area contributed by atoms with Crippen molar-refractivity contribution in [3.63, 3.8) is 0 Å². The average Bonchev–Trinajstić information content (AvgIpc) is 2.33. The van der Waals surface area contributed by atoms with Crippen LogP contribution in [0.1, 0.15) is 5.56 Å². The van der Waals surface area contributed by atoms with Crippen molar-refractivity contribution >= 4 is 29.0 Å². The first-order valence-electron chi connectivity index (χ1n) is 4.94. The number of anilines is 1. The SMILES string of the molecule is Nc1ncccc1COc1cccc(Cl)c1Cl. The van der Waals surface area contributed by atoms with Crippen molar-refractivity contribution in [1.82, 2.24) is 4.98 Å². The predicted molar refractivity (Wildman–Crippen MR) is 69.4 cm³/mol. The van der Waals surface area contributed by atoms with Gasteiger partial charge in [-0.15, -0.1) is 0 Å². The summed E-state index contributed by atoms with van der Waals surface area (Å²) in [6.07, 6.45) is 1.63. The molecule has 0 atom stereocenters. The molecule has 0 aliphatic heterocycles. The van der Waals surface area contributed by atoms with Gasteiger partial charge in [0.1, 0.15) is 23.2 Å². The van der Waals surface area contributed by atoms with E-state index in [0.717, 1.165) is 5.56 Å². The minimum Gasteiger partial charge on any atom is -0.487 e. The van der Waals surface area contributed by atoms with Crippen molar-refractivity contribution in [3.05, 3.63) is 52.1 Å². The molecule has 1 aromatic heterocycles. The summed E-state index contributed by atoms with van der Waals surface area (Å²) >= 11 is 11.9. The van der Waals surface area contributed by atoms with E-state index >= 15 is 0 Å². The number of pyridine rings is 1. The van der Waals surface area contributed by atoms with E-state index in [4.69, 9.17) is 33.7 Å². The Hall–Kier alpha value is -1.45. The van der Waals surface area contributed by atoms with Gasteiger partial charge < -0.3 is 10.5 Å². The lowest BCUT2D eigenvalue weighted by molar-refractivity contribution is 0.307. The molecule has 3 nitrogen and oxygen atoms in total. The molecule has 0 amide bonds. The van der Waals surface area contributed by atoms with Gasteiger partial charge in [0.2, 0.25) is 0 Å². The summed E-state index contributed by atoms with van der Waals surface area (Å²) in [6.45, 7) is 0.305. The molecule has 0 saturated carbocycles. The van der Waals surface area contributed by atoms with Crippen molar-refractivity contribution in [1.29, 1.82) is 0 Å². The van der Waals surface area contributed by atoms with Gasteiger partial charge in [0.05, 0.1) is 5.02 Å². The van der Waals surface area contributed by atoms with Gasteiger partial charge in [0.25, 0.3) is 0 Å². The van der Waals surface area contributed by atoms with Crippen LogP contribution in [0.4, 0.5) is 5.82 Å². The highest BCUT2D eigenvalue weighted by Gasteiger charge is 2.06. The first-order valence-corrected chi connectivity index (χ1v) is 5.70. The third-order valence-corrected chi connectivity index (χ3v) is 3.03. The van der Waals surface area contributed by atoms with Gasteiger partial charge in [-0.05, 0) is 18.2 Å². The molecule has 0 spiro atoms. The summed E-state index contributed by atoms with van der Waals surface area (Å²) in [4.78, 5) is 3.97. The van der Waals surface area contributed by atoms with Crippen LogP contribution in [-0.4, -0.2) is 4.98 Å². The summed E-state index contributed by atoms with van der Waals surface area (Å²) in [6, 6.07) is 8.88. The second-order valence-electron chi connectivity index (χ2n) is 3.39. The fourth-order valence-electron chi connectivity index (χ4n) is 1.32. The minimum absolute atomic E-state index is 0.305. The Kier molecular flexibility index (Phi) is 3.71. The Morgan fingerprint density at radius 3 is 2.76 bits per heavy atom. The zero-order chi connectivity index (χ0) is 12.3. The quantitative estimate of drug-likeness (QED) is 0.926. The van der Waals surface area contributed by atoms with E-state index in [1.165, 1.54) is 0 Å². The topological polar surface area (TPSA) is 48.1 Å². The standard InChI is InChI=1S/C12H10Cl2N2O/c13-9-4-1-5-10(11(9)14)17-7-8-3-2-6-16-12(8)15/h1-6H,7H2,(H2,15,16). The molecular formula is C12H10Cl2N2O. The largest absolute Gasteiger partial charge is 0.487 e. The second-order valence-corrected chi connectivity index (χ2v) is 4.17. The highest BCUT2D eigenvalue weighted by molar-refractivity contribution is 6.42. The van der Waals surface area contributed by atoms with Crippen LogP contribution in [0.2, 0.25) is 10.0 Å². The average molecular weight is 269 g/mol. The van der Waals surface area contributed by atoms with Gasteiger partial charge in [0.15, 0.2) is 0 Å². The lowest BCUT2D eigenvalue weighted by atomic mass is 10.3. The third kappa shape index (κ3) is 2.81. The lowest BCUT2D eigenvalue weighted by Gasteiger charge is -2.09. The molecule has 1 aromatic carbocycles. The van der Waals surface area contributed by atoms with E-state index in [0.29, 0.717) is 28.2 Å². The fraction of sp³-hybridized carbons (Fsp3) is 0.0833. The van der Waals surface area contributed by atoms with E-state index in [9.17, 15) is 0 Å². The van der Waals surface area contributed by atoms with Crippen molar-refractivity contribution in [2.45, 2.75) is 6.61 Å². The Morgan fingerprint density at radius 2 is 2.00 bits per heavy atom. The molecule has 2 aromatic rings. The highest BCUT2D eigenvalue weighted by atomic mass is 35.5. The van der Waals surface area contributed by atoms with Gasteiger partial charge in [-0.3, -0.25) is 0 Å². The number of aromatic nitrogens is 1. The number of nitrogen functional groups attached to an aromatic ring is 1. The van der Waals surface area contributed by atoms with Gasteiger partial charge >= 0.3 is 0 Å².